The summed E-state index contributed by atoms with van der Waals surface area (Å²) in [5.41, 5.74) is 0. The van der Waals surface area contributed by atoms with Crippen LogP contribution in [0.1, 0.15) is 25.7 Å². The van der Waals surface area contributed by atoms with Gasteiger partial charge >= 0.3 is 12.1 Å². The van der Waals surface area contributed by atoms with Crippen LogP contribution in [0.25, 0.3) is 0 Å². The third-order valence-corrected chi connectivity index (χ3v) is 2.02. The molecule has 19 heavy (non-hydrogen) atoms. The molecule has 0 saturated heterocycles. The monoisotopic (exact) mass is 277 g/mol. The molecule has 0 bridgehead atoms. The van der Waals surface area contributed by atoms with Gasteiger partial charge in [-0.1, -0.05) is 6.42 Å². The molecule has 110 valence electrons. The van der Waals surface area contributed by atoms with Gasteiger partial charge in [0.15, 0.2) is 0 Å². The van der Waals surface area contributed by atoms with E-state index in [1.807, 2.05) is 0 Å². The molecule has 0 radical (unpaired) electrons. The summed E-state index contributed by atoms with van der Waals surface area (Å²) in [5, 5.41) is 17.0. The molecule has 0 saturated carbocycles. The fraction of sp³-hybridized carbons (Fsp3) is 0.800. The van der Waals surface area contributed by atoms with Gasteiger partial charge in [0.2, 0.25) is 0 Å². The minimum atomic E-state index is -0.859. The minimum Gasteiger partial charge on any atom is -0.481 e. The first-order valence-electron chi connectivity index (χ1n) is 5.73. The molecule has 0 aliphatic heterocycles. The molecule has 0 amide bonds. The Balaban J connectivity index is 3.44. The Bertz CT molecular complexity index is 297. The first-order valence-corrected chi connectivity index (χ1v) is 5.73. The third kappa shape index (κ3) is 12.2. The van der Waals surface area contributed by atoms with E-state index in [-0.39, 0.29) is 13.2 Å². The second-order valence-corrected chi connectivity index (χ2v) is 3.60. The number of unbranched alkanes of at least 4 members (excludes halogenated alkanes) is 2. The Kier molecular flexibility index (Phi) is 9.86. The number of hydrogen-bond acceptors (Lipinski definition) is 7. The van der Waals surface area contributed by atoms with E-state index in [4.69, 9.17) is 5.11 Å². The van der Waals surface area contributed by atoms with Gasteiger partial charge in [-0.05, 0) is 18.1 Å². The maximum Gasteiger partial charge on any atom is 0.510 e. The summed E-state index contributed by atoms with van der Waals surface area (Å²) in [7, 11) is 2.88. The average Bonchev–Trinajstić information content (AvgIpc) is 2.37. The molecule has 0 atom stereocenters. The van der Waals surface area contributed by atoms with Crippen molar-refractivity contribution in [3.05, 3.63) is 0 Å². The van der Waals surface area contributed by atoms with Crippen molar-refractivity contribution in [3.8, 4) is 0 Å². The van der Waals surface area contributed by atoms with E-state index in [2.05, 4.69) is 24.8 Å². The number of ether oxygens (including phenoxy) is 2. The number of aliphatic carboxylic acids is 1. The van der Waals surface area contributed by atoms with Crippen molar-refractivity contribution in [2.24, 2.45) is 10.5 Å². The molecular formula is C10H19N3O6. The quantitative estimate of drug-likeness (QED) is 0.212. The van der Waals surface area contributed by atoms with Crippen molar-refractivity contribution < 1.29 is 29.0 Å². The lowest BCUT2D eigenvalue weighted by molar-refractivity contribution is -0.137. The zero-order chi connectivity index (χ0) is 14.5. The second kappa shape index (κ2) is 11.1. The van der Waals surface area contributed by atoms with Crippen LogP contribution in [0.2, 0.25) is 0 Å². The maximum absolute atomic E-state index is 10.5. The normalized spacial score (nSPS) is 10.2. The van der Waals surface area contributed by atoms with Gasteiger partial charge in [0.05, 0.1) is 7.11 Å². The number of carboxylic acid groups (broad SMARTS) is 1. The number of carbonyl (C=O) groups is 2. The number of nitrogens with zero attached hydrogens (tertiary/aromatic N) is 3. The van der Waals surface area contributed by atoms with Crippen LogP contribution in [0.3, 0.4) is 0 Å². The lowest BCUT2D eigenvalue weighted by Crippen LogP contribution is -2.12. The Labute approximate surface area is 111 Å². The number of carboxylic acids is 1. The summed E-state index contributed by atoms with van der Waals surface area (Å²) in [4.78, 5) is 25.3. The maximum atomic E-state index is 10.5. The Hall–Kier alpha value is -2.06. The van der Waals surface area contributed by atoms with Crippen LogP contribution >= 0.6 is 0 Å². The SMILES string of the molecule is COC(=O)OCO/N=N\N(C)CCCCCC(=O)O. The van der Waals surface area contributed by atoms with Crippen LogP contribution in [0, 0.1) is 0 Å². The second-order valence-electron chi connectivity index (χ2n) is 3.60. The molecule has 9 heteroatoms. The number of carbonyl (C=O) groups excluding carboxylic acids is 1. The molecule has 0 aliphatic carbocycles. The fourth-order valence-corrected chi connectivity index (χ4v) is 1.08. The Morgan fingerprint density at radius 2 is 2.00 bits per heavy atom. The number of methoxy groups -OCH3 is 1. The zero-order valence-electron chi connectivity index (χ0n) is 11.1. The van der Waals surface area contributed by atoms with Crippen LogP contribution in [0.4, 0.5) is 4.79 Å². The zero-order valence-corrected chi connectivity index (χ0v) is 11.1. The molecular weight excluding hydrogens is 258 g/mol. The van der Waals surface area contributed by atoms with Gasteiger partial charge in [0, 0.05) is 25.3 Å². The highest BCUT2D eigenvalue weighted by atomic mass is 16.8. The van der Waals surface area contributed by atoms with Crippen molar-refractivity contribution in [1.82, 2.24) is 5.01 Å². The van der Waals surface area contributed by atoms with E-state index in [0.29, 0.717) is 13.0 Å². The molecule has 0 aromatic heterocycles. The van der Waals surface area contributed by atoms with Crippen molar-refractivity contribution in [3.63, 3.8) is 0 Å². The first kappa shape index (κ1) is 16.9. The third-order valence-electron chi connectivity index (χ3n) is 2.02. The number of hydrogen-bond donors (Lipinski definition) is 1. The lowest BCUT2D eigenvalue weighted by atomic mass is 10.2. The van der Waals surface area contributed by atoms with Gasteiger partial charge in [-0.15, -0.1) is 0 Å². The van der Waals surface area contributed by atoms with Crippen LogP contribution in [-0.2, 0) is 19.1 Å². The van der Waals surface area contributed by atoms with Gasteiger partial charge in [0.25, 0.3) is 6.79 Å². The highest BCUT2D eigenvalue weighted by Crippen LogP contribution is 2.01. The Morgan fingerprint density at radius 3 is 2.63 bits per heavy atom. The summed E-state index contributed by atoms with van der Waals surface area (Å²) in [6.45, 7) is 0.257. The molecule has 0 fully saturated rings. The van der Waals surface area contributed by atoms with E-state index in [0.717, 1.165) is 12.8 Å². The molecule has 0 spiro atoms. The van der Waals surface area contributed by atoms with E-state index >= 15 is 0 Å². The van der Waals surface area contributed by atoms with Crippen LogP contribution in [0.15, 0.2) is 10.5 Å². The summed E-state index contributed by atoms with van der Waals surface area (Å²) in [5.74, 6) is -0.785. The van der Waals surface area contributed by atoms with E-state index in [1.165, 1.54) is 7.11 Å². The van der Waals surface area contributed by atoms with Crippen LogP contribution in [-0.4, -0.2) is 49.7 Å². The standard InChI is InChI=1S/C10H19N3O6/c1-13(7-5-3-4-6-9(14)15)11-12-19-8-18-10(16)17-2/h3-8H2,1-2H3,(H,14,15)/b12-11-. The van der Waals surface area contributed by atoms with Gasteiger partial charge in [-0.3, -0.25) is 9.80 Å². The molecule has 0 heterocycles. The summed E-state index contributed by atoms with van der Waals surface area (Å²) in [6, 6.07) is 0. The van der Waals surface area contributed by atoms with Crippen molar-refractivity contribution in [2.75, 3.05) is 27.5 Å². The van der Waals surface area contributed by atoms with E-state index in [9.17, 15) is 9.59 Å². The molecule has 9 nitrogen and oxygen atoms in total. The van der Waals surface area contributed by atoms with Crippen molar-refractivity contribution in [2.45, 2.75) is 25.7 Å². The van der Waals surface area contributed by atoms with E-state index < -0.39 is 12.1 Å². The largest absolute Gasteiger partial charge is 0.510 e. The molecule has 0 aromatic rings. The minimum absolute atomic E-state index is 0.180. The highest BCUT2D eigenvalue weighted by molar-refractivity contribution is 5.66. The average molecular weight is 277 g/mol. The van der Waals surface area contributed by atoms with Crippen LogP contribution in [0.5, 0.6) is 0 Å². The molecule has 0 unspecified atom stereocenters. The van der Waals surface area contributed by atoms with Gasteiger partial charge in [0.1, 0.15) is 0 Å². The molecule has 0 aromatic carbocycles. The number of rotatable bonds is 10. The predicted molar refractivity (Wildman–Crippen MR) is 63.0 cm³/mol. The van der Waals surface area contributed by atoms with Crippen molar-refractivity contribution in [1.29, 1.82) is 0 Å². The summed E-state index contributed by atoms with van der Waals surface area (Å²) < 4.78 is 8.60. The Morgan fingerprint density at radius 1 is 1.26 bits per heavy atom. The molecule has 0 rings (SSSR count). The molecule has 0 aliphatic rings. The smallest absolute Gasteiger partial charge is 0.481 e. The summed E-state index contributed by atoms with van der Waals surface area (Å²) in [6.07, 6.45) is 1.57. The highest BCUT2D eigenvalue weighted by Gasteiger charge is 1.99. The summed E-state index contributed by atoms with van der Waals surface area (Å²) >= 11 is 0. The van der Waals surface area contributed by atoms with Crippen molar-refractivity contribution >= 4 is 12.1 Å². The topological polar surface area (TPSA) is 110 Å². The van der Waals surface area contributed by atoms with Gasteiger partial charge < -0.3 is 19.4 Å². The van der Waals surface area contributed by atoms with Gasteiger partial charge in [-0.2, -0.15) is 0 Å². The van der Waals surface area contributed by atoms with Gasteiger partial charge in [-0.25, -0.2) is 4.79 Å². The fourth-order valence-electron chi connectivity index (χ4n) is 1.08. The molecule has 1 N–H and O–H groups in total. The van der Waals surface area contributed by atoms with E-state index in [1.54, 1.807) is 12.1 Å². The first-order chi connectivity index (χ1) is 9.06. The van der Waals surface area contributed by atoms with Crippen LogP contribution < -0.4 is 0 Å². The lowest BCUT2D eigenvalue weighted by Gasteiger charge is -2.09. The predicted octanol–water partition coefficient (Wildman–Crippen LogP) is 1.60.